The van der Waals surface area contributed by atoms with Crippen LogP contribution in [0.4, 0.5) is 0 Å². The fraction of sp³-hybridized carbons (Fsp3) is 1.00. The maximum absolute atomic E-state index is 5.29. The maximum Gasteiger partial charge on any atom is 0.0545 e. The summed E-state index contributed by atoms with van der Waals surface area (Å²) in [6, 6.07) is 0. The van der Waals surface area contributed by atoms with Crippen LogP contribution in [0.5, 0.6) is 0 Å². The van der Waals surface area contributed by atoms with E-state index in [0.29, 0.717) is 5.41 Å². The molecule has 0 N–H and O–H groups in total. The molecule has 2 saturated heterocycles. The summed E-state index contributed by atoms with van der Waals surface area (Å²) in [6.45, 7) is 8.22. The normalized spacial score (nSPS) is 28.8. The average Bonchev–Trinajstić information content (AvgIpc) is 2.04. The number of likely N-dealkylation sites (tertiary alicyclic amines) is 1. The minimum Gasteiger partial charge on any atom is -0.380 e. The number of piperidine rings is 1. The van der Waals surface area contributed by atoms with E-state index in [0.717, 1.165) is 13.2 Å². The van der Waals surface area contributed by atoms with Crippen LogP contribution >= 0.6 is 0 Å². The second kappa shape index (κ2) is 3.35. The highest BCUT2D eigenvalue weighted by Gasteiger charge is 2.40. The van der Waals surface area contributed by atoms with Crippen molar-refractivity contribution in [3.63, 3.8) is 0 Å². The van der Waals surface area contributed by atoms with E-state index in [2.05, 4.69) is 11.8 Å². The first kappa shape index (κ1) is 8.52. The van der Waals surface area contributed by atoms with E-state index in [1.807, 2.05) is 0 Å². The molecule has 0 aliphatic carbocycles. The monoisotopic (exact) mass is 169 g/mol. The molecule has 0 aromatic heterocycles. The summed E-state index contributed by atoms with van der Waals surface area (Å²) in [6.07, 6.45) is 4.03. The summed E-state index contributed by atoms with van der Waals surface area (Å²) in [7, 11) is 0. The quantitative estimate of drug-likeness (QED) is 0.621. The van der Waals surface area contributed by atoms with E-state index < -0.39 is 0 Å². The zero-order chi connectivity index (χ0) is 8.44. The summed E-state index contributed by atoms with van der Waals surface area (Å²) >= 11 is 0. The molecule has 2 nitrogen and oxygen atoms in total. The highest BCUT2D eigenvalue weighted by molar-refractivity contribution is 4.90. The van der Waals surface area contributed by atoms with Gasteiger partial charge >= 0.3 is 0 Å². The van der Waals surface area contributed by atoms with Gasteiger partial charge in [0.15, 0.2) is 0 Å². The lowest BCUT2D eigenvalue weighted by atomic mass is 9.77. The lowest BCUT2D eigenvalue weighted by molar-refractivity contribution is -0.139. The molecule has 2 aliphatic heterocycles. The first-order valence-electron chi connectivity index (χ1n) is 5.15. The topological polar surface area (TPSA) is 12.5 Å². The molecule has 0 unspecified atom stereocenters. The van der Waals surface area contributed by atoms with Gasteiger partial charge in [-0.2, -0.15) is 0 Å². The molecule has 0 aromatic rings. The molecule has 2 fully saturated rings. The van der Waals surface area contributed by atoms with Crippen LogP contribution in [0.3, 0.4) is 0 Å². The fourth-order valence-corrected chi connectivity index (χ4v) is 2.25. The molecule has 0 bridgehead atoms. The zero-order valence-electron chi connectivity index (χ0n) is 8.01. The predicted octanol–water partition coefficient (Wildman–Crippen LogP) is 1.51. The molecule has 0 atom stereocenters. The third-order valence-corrected chi connectivity index (χ3v) is 3.27. The third kappa shape index (κ3) is 1.50. The van der Waals surface area contributed by atoms with Crippen molar-refractivity contribution >= 4 is 0 Å². The van der Waals surface area contributed by atoms with Gasteiger partial charge in [0.1, 0.15) is 0 Å². The lowest BCUT2D eigenvalue weighted by Gasteiger charge is -2.47. The number of hydrogen-bond donors (Lipinski definition) is 0. The van der Waals surface area contributed by atoms with Crippen molar-refractivity contribution in [2.24, 2.45) is 5.41 Å². The van der Waals surface area contributed by atoms with Gasteiger partial charge in [0.05, 0.1) is 13.2 Å². The second-order valence-electron chi connectivity index (χ2n) is 4.33. The third-order valence-electron chi connectivity index (χ3n) is 3.27. The molecule has 1 spiro atoms. The Morgan fingerprint density at radius 1 is 1.25 bits per heavy atom. The standard InChI is InChI=1S/C10H19NO/c1-2-5-11-6-3-10(4-7-11)8-12-9-10/h2-9H2,1H3. The van der Waals surface area contributed by atoms with Crippen LogP contribution in [0.15, 0.2) is 0 Å². The first-order chi connectivity index (χ1) is 5.85. The van der Waals surface area contributed by atoms with Gasteiger partial charge in [-0.1, -0.05) is 6.92 Å². The van der Waals surface area contributed by atoms with Gasteiger partial charge in [-0.15, -0.1) is 0 Å². The van der Waals surface area contributed by atoms with Crippen molar-refractivity contribution in [3.05, 3.63) is 0 Å². The Bertz CT molecular complexity index is 144. The van der Waals surface area contributed by atoms with Crippen LogP contribution in [0, 0.1) is 5.41 Å². The smallest absolute Gasteiger partial charge is 0.0545 e. The molecule has 2 heteroatoms. The van der Waals surface area contributed by atoms with E-state index in [4.69, 9.17) is 4.74 Å². The molecule has 0 aromatic carbocycles. The second-order valence-corrected chi connectivity index (χ2v) is 4.33. The Balaban J connectivity index is 1.77. The molecule has 12 heavy (non-hydrogen) atoms. The molecule has 0 saturated carbocycles. The van der Waals surface area contributed by atoms with Crippen LogP contribution < -0.4 is 0 Å². The summed E-state index contributed by atoms with van der Waals surface area (Å²) < 4.78 is 5.29. The maximum atomic E-state index is 5.29. The highest BCUT2D eigenvalue weighted by atomic mass is 16.5. The van der Waals surface area contributed by atoms with Gasteiger partial charge in [0, 0.05) is 5.41 Å². The molecular weight excluding hydrogens is 150 g/mol. The van der Waals surface area contributed by atoms with E-state index in [1.165, 1.54) is 38.9 Å². The number of rotatable bonds is 2. The Hall–Kier alpha value is -0.0800. The van der Waals surface area contributed by atoms with Gasteiger partial charge in [-0.3, -0.25) is 0 Å². The van der Waals surface area contributed by atoms with Crippen molar-refractivity contribution in [3.8, 4) is 0 Å². The minimum absolute atomic E-state index is 0.615. The molecule has 2 heterocycles. The van der Waals surface area contributed by atoms with E-state index in [-0.39, 0.29) is 0 Å². The van der Waals surface area contributed by atoms with Crippen LogP contribution in [0.1, 0.15) is 26.2 Å². The Kier molecular flexibility index (Phi) is 2.37. The van der Waals surface area contributed by atoms with E-state index >= 15 is 0 Å². The molecule has 70 valence electrons. The zero-order valence-corrected chi connectivity index (χ0v) is 8.01. The average molecular weight is 169 g/mol. The Labute approximate surface area is 74.9 Å². The molecule has 2 rings (SSSR count). The van der Waals surface area contributed by atoms with Gasteiger partial charge in [-0.25, -0.2) is 0 Å². The summed E-state index contributed by atoms with van der Waals surface area (Å²) in [5, 5.41) is 0. The van der Waals surface area contributed by atoms with E-state index in [1.54, 1.807) is 0 Å². The summed E-state index contributed by atoms with van der Waals surface area (Å²) in [5.74, 6) is 0. The van der Waals surface area contributed by atoms with Gasteiger partial charge < -0.3 is 9.64 Å². The Morgan fingerprint density at radius 3 is 2.33 bits per heavy atom. The van der Waals surface area contributed by atoms with E-state index in [9.17, 15) is 0 Å². The van der Waals surface area contributed by atoms with Crippen molar-refractivity contribution < 1.29 is 4.74 Å². The SMILES string of the molecule is CCCN1CCC2(CC1)COC2. The molecule has 0 amide bonds. The predicted molar refractivity (Wildman–Crippen MR) is 49.2 cm³/mol. The van der Waals surface area contributed by atoms with Crippen LogP contribution in [0.25, 0.3) is 0 Å². The van der Waals surface area contributed by atoms with Crippen molar-refractivity contribution in [1.82, 2.24) is 4.90 Å². The fourth-order valence-electron chi connectivity index (χ4n) is 2.25. The lowest BCUT2D eigenvalue weighted by Crippen LogP contribution is -2.50. The first-order valence-corrected chi connectivity index (χ1v) is 5.15. The molecular formula is C10H19NO. The van der Waals surface area contributed by atoms with Crippen LogP contribution in [0.2, 0.25) is 0 Å². The van der Waals surface area contributed by atoms with Crippen molar-refractivity contribution in [2.45, 2.75) is 26.2 Å². The van der Waals surface area contributed by atoms with Crippen LogP contribution in [-0.4, -0.2) is 37.7 Å². The minimum atomic E-state index is 0.615. The largest absolute Gasteiger partial charge is 0.380 e. The number of nitrogens with zero attached hydrogens (tertiary/aromatic N) is 1. The van der Waals surface area contributed by atoms with Gasteiger partial charge in [0.25, 0.3) is 0 Å². The molecule has 2 aliphatic rings. The van der Waals surface area contributed by atoms with Crippen molar-refractivity contribution in [2.75, 3.05) is 32.8 Å². The summed E-state index contributed by atoms with van der Waals surface area (Å²) in [5.41, 5.74) is 0.615. The van der Waals surface area contributed by atoms with Crippen molar-refractivity contribution in [1.29, 1.82) is 0 Å². The number of hydrogen-bond acceptors (Lipinski definition) is 2. The molecule has 0 radical (unpaired) electrons. The van der Waals surface area contributed by atoms with Gasteiger partial charge in [-0.05, 0) is 38.9 Å². The Morgan fingerprint density at radius 2 is 1.92 bits per heavy atom. The number of ether oxygens (including phenoxy) is 1. The summed E-state index contributed by atoms with van der Waals surface area (Å²) in [4.78, 5) is 2.59. The highest BCUT2D eigenvalue weighted by Crippen LogP contribution is 2.38. The van der Waals surface area contributed by atoms with Gasteiger partial charge in [0.2, 0.25) is 0 Å². The van der Waals surface area contributed by atoms with Crippen LogP contribution in [-0.2, 0) is 4.74 Å².